The Morgan fingerprint density at radius 3 is 2.63 bits per heavy atom. The predicted octanol–water partition coefficient (Wildman–Crippen LogP) is 2.94. The molecular weight excluding hydrogens is 466 g/mol. The van der Waals surface area contributed by atoms with Gasteiger partial charge < -0.3 is 10.1 Å². The zero-order chi connectivity index (χ0) is 21.6. The minimum Gasteiger partial charge on any atom is -0.478 e. The highest BCUT2D eigenvalue weighted by Crippen LogP contribution is 2.24. The molecule has 3 N–H and O–H groups in total. The summed E-state index contributed by atoms with van der Waals surface area (Å²) in [5.74, 6) is -0.268. The molecule has 156 valence electrons. The summed E-state index contributed by atoms with van der Waals surface area (Å²) in [4.78, 5) is 12.9. The fourth-order valence-corrected chi connectivity index (χ4v) is 4.52. The summed E-state index contributed by atoms with van der Waals surface area (Å²) in [5, 5.41) is 7.34. The highest BCUT2D eigenvalue weighted by Gasteiger charge is 2.19. The molecule has 3 aromatic rings. The second kappa shape index (κ2) is 9.75. The number of thiophene rings is 1. The molecule has 0 atom stereocenters. The van der Waals surface area contributed by atoms with Crippen LogP contribution in [0.3, 0.4) is 0 Å². The van der Waals surface area contributed by atoms with Gasteiger partial charge in [-0.15, -0.1) is 15.7 Å². The number of anilines is 2. The van der Waals surface area contributed by atoms with Gasteiger partial charge in [-0.1, -0.05) is 6.07 Å². The Labute approximate surface area is 186 Å². The monoisotopic (exact) mass is 481 g/mol. The maximum absolute atomic E-state index is 12.5. The van der Waals surface area contributed by atoms with E-state index in [0.717, 1.165) is 16.6 Å². The van der Waals surface area contributed by atoms with Crippen LogP contribution in [0.25, 0.3) is 6.08 Å². The van der Waals surface area contributed by atoms with Crippen molar-refractivity contribution in [1.29, 1.82) is 0 Å². The van der Waals surface area contributed by atoms with E-state index < -0.39 is 10.0 Å². The number of carbonyl (C=O) groups excluding carboxylic acids is 1. The average molecular weight is 482 g/mol. The number of methoxy groups -OCH3 is 1. The number of ether oxygens (including phenoxy) is 1. The summed E-state index contributed by atoms with van der Waals surface area (Å²) >= 11 is 7.44. The molecule has 0 saturated heterocycles. The van der Waals surface area contributed by atoms with Crippen LogP contribution in [-0.2, 0) is 14.8 Å². The van der Waals surface area contributed by atoms with Gasteiger partial charge in [0.05, 0.1) is 23.7 Å². The van der Waals surface area contributed by atoms with Gasteiger partial charge in [0.1, 0.15) is 0 Å². The van der Waals surface area contributed by atoms with Crippen LogP contribution in [0.1, 0.15) is 4.88 Å². The molecule has 2 aromatic heterocycles. The molecule has 30 heavy (non-hydrogen) atoms. The normalized spacial score (nSPS) is 11.2. The average Bonchev–Trinajstić information content (AvgIpc) is 3.38. The van der Waals surface area contributed by atoms with Crippen LogP contribution in [0.2, 0.25) is 0 Å². The fourth-order valence-electron chi connectivity index (χ4n) is 2.14. The molecule has 0 fully saturated rings. The van der Waals surface area contributed by atoms with Crippen LogP contribution in [-0.4, -0.2) is 35.3 Å². The first-order chi connectivity index (χ1) is 14.4. The number of benzene rings is 1. The Morgan fingerprint density at radius 2 is 1.97 bits per heavy atom. The molecule has 9 nitrogen and oxygen atoms in total. The van der Waals surface area contributed by atoms with Gasteiger partial charge in [0, 0.05) is 16.6 Å². The molecule has 13 heteroatoms. The summed E-state index contributed by atoms with van der Waals surface area (Å²) < 4.78 is 39.9. The smallest absolute Gasteiger partial charge is 0.271 e. The molecule has 3 rings (SSSR count). The molecule has 0 aliphatic heterocycles. The van der Waals surface area contributed by atoms with Gasteiger partial charge in [-0.2, -0.15) is 4.37 Å². The first-order valence-corrected chi connectivity index (χ1v) is 11.7. The quantitative estimate of drug-likeness (QED) is 0.348. The van der Waals surface area contributed by atoms with Crippen molar-refractivity contribution in [3.63, 3.8) is 0 Å². The summed E-state index contributed by atoms with van der Waals surface area (Å²) in [5.41, 5.74) is 0.509. The lowest BCUT2D eigenvalue weighted by Crippen LogP contribution is -2.32. The molecule has 1 aromatic carbocycles. The zero-order valence-electron chi connectivity index (χ0n) is 15.4. The van der Waals surface area contributed by atoms with E-state index in [1.165, 1.54) is 48.8 Å². The number of aromatic nitrogens is 2. The second-order valence-electron chi connectivity index (χ2n) is 5.54. The number of sulfonamides is 1. The van der Waals surface area contributed by atoms with Crippen LogP contribution in [0.4, 0.5) is 11.5 Å². The molecule has 0 unspecified atom stereocenters. The third kappa shape index (κ3) is 5.82. The van der Waals surface area contributed by atoms with Gasteiger partial charge in [0.2, 0.25) is 11.7 Å². The first kappa shape index (κ1) is 21.8. The van der Waals surface area contributed by atoms with E-state index in [-0.39, 0.29) is 27.6 Å². The molecule has 0 spiro atoms. The van der Waals surface area contributed by atoms with Gasteiger partial charge in [-0.05, 0) is 54.0 Å². The zero-order valence-corrected chi connectivity index (χ0v) is 18.6. The SMILES string of the molecule is COc1nsnc1NS(=O)(=O)c1ccc(NC(=S)NC(=O)/C=C/c2cccs2)cc1. The largest absolute Gasteiger partial charge is 0.478 e. The van der Waals surface area contributed by atoms with E-state index >= 15 is 0 Å². The van der Waals surface area contributed by atoms with Gasteiger partial charge in [0.25, 0.3) is 15.9 Å². The molecule has 0 saturated carbocycles. The van der Waals surface area contributed by atoms with Crippen molar-refractivity contribution >= 4 is 73.9 Å². The summed E-state index contributed by atoms with van der Waals surface area (Å²) in [6, 6.07) is 9.58. The maximum Gasteiger partial charge on any atom is 0.271 e. The van der Waals surface area contributed by atoms with Gasteiger partial charge in [-0.3, -0.25) is 14.8 Å². The van der Waals surface area contributed by atoms with Crippen LogP contribution in [0.15, 0.2) is 52.7 Å². The van der Waals surface area contributed by atoms with E-state index in [1.807, 2.05) is 17.5 Å². The van der Waals surface area contributed by atoms with Gasteiger partial charge in [0.15, 0.2) is 5.11 Å². The number of hydrogen-bond acceptors (Lipinski definition) is 9. The molecule has 0 radical (unpaired) electrons. The summed E-state index contributed by atoms with van der Waals surface area (Å²) in [6.45, 7) is 0. The number of amides is 1. The Hall–Kier alpha value is -2.87. The predicted molar refractivity (Wildman–Crippen MR) is 121 cm³/mol. The minimum atomic E-state index is -3.87. The van der Waals surface area contributed by atoms with E-state index in [9.17, 15) is 13.2 Å². The number of thiocarbonyl (C=S) groups is 1. The van der Waals surface area contributed by atoms with Crippen LogP contribution < -0.4 is 20.1 Å². The lowest BCUT2D eigenvalue weighted by molar-refractivity contribution is -0.115. The van der Waals surface area contributed by atoms with E-state index in [2.05, 4.69) is 24.1 Å². The number of nitrogens with zero attached hydrogens (tertiary/aromatic N) is 2. The Kier molecular flexibility index (Phi) is 7.10. The Morgan fingerprint density at radius 1 is 1.20 bits per heavy atom. The number of hydrogen-bond donors (Lipinski definition) is 3. The van der Waals surface area contributed by atoms with Gasteiger partial charge in [-0.25, -0.2) is 8.42 Å². The Balaban J connectivity index is 1.58. The topological polar surface area (TPSA) is 122 Å². The van der Waals surface area contributed by atoms with E-state index in [4.69, 9.17) is 17.0 Å². The highest BCUT2D eigenvalue weighted by atomic mass is 32.2. The molecule has 0 bridgehead atoms. The van der Waals surface area contributed by atoms with Crippen LogP contribution in [0, 0.1) is 0 Å². The second-order valence-corrected chi connectivity index (χ2v) is 9.14. The Bertz CT molecular complexity index is 1160. The summed E-state index contributed by atoms with van der Waals surface area (Å²) in [6.07, 6.45) is 3.06. The number of rotatable bonds is 7. The first-order valence-electron chi connectivity index (χ1n) is 8.20. The minimum absolute atomic E-state index is 0.0111. The van der Waals surface area contributed by atoms with Crippen molar-refractivity contribution in [2.24, 2.45) is 0 Å². The van der Waals surface area contributed by atoms with Crippen LogP contribution >= 0.6 is 35.3 Å². The van der Waals surface area contributed by atoms with Gasteiger partial charge >= 0.3 is 0 Å². The van der Waals surface area contributed by atoms with Crippen LogP contribution in [0.5, 0.6) is 5.88 Å². The standard InChI is InChI=1S/C17H15N5O4S4/c1-26-16-15(20-29-21-16)22-30(24,25)13-7-4-11(5-8-13)18-17(27)19-14(23)9-6-12-3-2-10-28-12/h2-10H,1H3,(H,20,22)(H2,18,19,23,27)/b9-6+. The van der Waals surface area contributed by atoms with Crippen molar-refractivity contribution < 1.29 is 17.9 Å². The van der Waals surface area contributed by atoms with E-state index in [1.54, 1.807) is 6.08 Å². The van der Waals surface area contributed by atoms with Crippen molar-refractivity contribution in [2.75, 3.05) is 17.1 Å². The number of carbonyl (C=O) groups is 1. The summed E-state index contributed by atoms with van der Waals surface area (Å²) in [7, 11) is -2.50. The fraction of sp³-hybridized carbons (Fsp3) is 0.0588. The third-order valence-electron chi connectivity index (χ3n) is 3.48. The maximum atomic E-state index is 12.5. The van der Waals surface area contributed by atoms with E-state index in [0.29, 0.717) is 5.69 Å². The lowest BCUT2D eigenvalue weighted by Gasteiger charge is -2.10. The molecule has 0 aliphatic carbocycles. The molecule has 0 aliphatic rings. The third-order valence-corrected chi connectivity index (χ3v) is 6.39. The van der Waals surface area contributed by atoms with Crippen molar-refractivity contribution in [2.45, 2.75) is 4.90 Å². The molecule has 1 amide bonds. The highest BCUT2D eigenvalue weighted by molar-refractivity contribution is 7.92. The van der Waals surface area contributed by atoms with Crippen molar-refractivity contribution in [3.8, 4) is 5.88 Å². The number of nitrogens with one attached hydrogen (secondary N) is 3. The van der Waals surface area contributed by atoms with Crippen molar-refractivity contribution in [3.05, 3.63) is 52.7 Å². The molecule has 2 heterocycles. The molecular formula is C17H15N5O4S4. The van der Waals surface area contributed by atoms with Crippen molar-refractivity contribution in [1.82, 2.24) is 14.1 Å². The lowest BCUT2D eigenvalue weighted by atomic mass is 10.3.